The molecule has 1 rings (SSSR count). The normalized spacial score (nSPS) is 17.2. The van der Waals surface area contributed by atoms with E-state index < -0.39 is 0 Å². The topological polar surface area (TPSA) is 66.0 Å². The van der Waals surface area contributed by atoms with E-state index in [4.69, 9.17) is 9.73 Å². The summed E-state index contributed by atoms with van der Waals surface area (Å²) in [7, 11) is 1.91. The highest BCUT2D eigenvalue weighted by Gasteiger charge is 2.32. The van der Waals surface area contributed by atoms with Crippen LogP contribution >= 0.6 is 35.7 Å². The number of amides is 1. The molecule has 0 atom stereocenters. The van der Waals surface area contributed by atoms with E-state index in [0.29, 0.717) is 6.54 Å². The summed E-state index contributed by atoms with van der Waals surface area (Å²) in [5.41, 5.74) is -0.225. The van der Waals surface area contributed by atoms with Crippen LogP contribution in [0.3, 0.4) is 0 Å². The van der Waals surface area contributed by atoms with E-state index in [1.807, 2.05) is 51.4 Å². The minimum Gasteiger partial charge on any atom is -0.381 e. The Bertz CT molecular complexity index is 443. The number of halogens is 1. The van der Waals surface area contributed by atoms with Crippen LogP contribution in [0.15, 0.2) is 4.99 Å². The van der Waals surface area contributed by atoms with Crippen molar-refractivity contribution in [3.8, 4) is 0 Å². The van der Waals surface area contributed by atoms with Crippen LogP contribution < -0.4 is 10.6 Å². The number of hydrogen-bond acceptors (Lipinski definition) is 4. The van der Waals surface area contributed by atoms with E-state index in [1.165, 1.54) is 0 Å². The van der Waals surface area contributed by atoms with E-state index >= 15 is 0 Å². The Hall–Kier alpha value is -0.220. The highest BCUT2D eigenvalue weighted by molar-refractivity contribution is 14.0. The highest BCUT2D eigenvalue weighted by atomic mass is 127. The Morgan fingerprint density at radius 3 is 2.38 bits per heavy atom. The van der Waals surface area contributed by atoms with E-state index in [1.54, 1.807) is 0 Å². The van der Waals surface area contributed by atoms with Gasteiger partial charge in [-0.2, -0.15) is 11.8 Å². The monoisotopic (exact) mass is 500 g/mol. The van der Waals surface area contributed by atoms with Crippen molar-refractivity contribution in [2.24, 2.45) is 4.99 Å². The third-order valence-electron chi connectivity index (χ3n) is 3.96. The van der Waals surface area contributed by atoms with Gasteiger partial charge in [0.25, 0.3) is 0 Å². The second-order valence-corrected chi connectivity index (χ2v) is 9.28. The molecule has 0 bridgehead atoms. The second kappa shape index (κ2) is 12.3. The average molecular weight is 500 g/mol. The molecule has 0 aromatic rings. The molecule has 26 heavy (non-hydrogen) atoms. The molecule has 1 amide bonds. The first-order chi connectivity index (χ1) is 11.7. The third kappa shape index (κ3) is 9.64. The molecule has 1 heterocycles. The van der Waals surface area contributed by atoms with Crippen LogP contribution in [0.1, 0.15) is 47.5 Å². The van der Waals surface area contributed by atoms with Crippen molar-refractivity contribution in [3.63, 3.8) is 0 Å². The Morgan fingerprint density at radius 2 is 1.88 bits per heavy atom. The lowest BCUT2D eigenvalue weighted by atomic mass is 9.99. The smallest absolute Gasteiger partial charge is 0.240 e. The first-order valence-corrected chi connectivity index (χ1v) is 10.2. The van der Waals surface area contributed by atoms with Crippen molar-refractivity contribution in [1.82, 2.24) is 15.5 Å². The Kier molecular flexibility index (Phi) is 12.2. The van der Waals surface area contributed by atoms with Gasteiger partial charge < -0.3 is 20.3 Å². The van der Waals surface area contributed by atoms with Crippen molar-refractivity contribution >= 4 is 47.6 Å². The lowest BCUT2D eigenvalue weighted by Gasteiger charge is -2.35. The van der Waals surface area contributed by atoms with Crippen LogP contribution in [-0.2, 0) is 9.53 Å². The zero-order chi connectivity index (χ0) is 18.9. The highest BCUT2D eigenvalue weighted by Crippen LogP contribution is 2.35. The molecule has 154 valence electrons. The number of ether oxygens (including phenoxy) is 1. The summed E-state index contributed by atoms with van der Waals surface area (Å²) >= 11 is 1.98. The molecule has 1 fully saturated rings. The zero-order valence-electron chi connectivity index (χ0n) is 17.2. The molecule has 6 nitrogen and oxygen atoms in total. The van der Waals surface area contributed by atoms with Gasteiger partial charge in [0.15, 0.2) is 5.96 Å². The quantitative estimate of drug-likeness (QED) is 0.320. The maximum absolute atomic E-state index is 12.2. The number of likely N-dealkylation sites (N-methyl/N-ethyl adjacent to an activating group) is 1. The fourth-order valence-corrected chi connectivity index (χ4v) is 4.06. The number of carbonyl (C=O) groups is 1. The van der Waals surface area contributed by atoms with E-state index in [0.717, 1.165) is 50.9 Å². The number of carbonyl (C=O) groups excluding carboxylic acids is 1. The molecule has 2 N–H and O–H groups in total. The summed E-state index contributed by atoms with van der Waals surface area (Å²) in [6.07, 6.45) is 2.06. The standard InChI is InChI=1S/C18H36N4O2S.HI/c1-7-19-16(22(6)13-15(23)21-17(3,4)5)20-14-18(25-8-2)9-11-24-12-10-18;/h7-14H2,1-6H3,(H,19,20)(H,21,23);1H. The molecule has 0 spiro atoms. The maximum atomic E-state index is 12.2. The molecule has 0 aromatic heterocycles. The minimum absolute atomic E-state index is 0. The summed E-state index contributed by atoms with van der Waals surface area (Å²) in [6, 6.07) is 0. The molecule has 8 heteroatoms. The Morgan fingerprint density at radius 1 is 1.27 bits per heavy atom. The van der Waals surface area contributed by atoms with Crippen molar-refractivity contribution in [1.29, 1.82) is 0 Å². The molecular weight excluding hydrogens is 463 g/mol. The van der Waals surface area contributed by atoms with Gasteiger partial charge in [-0.25, -0.2) is 0 Å². The van der Waals surface area contributed by atoms with Crippen molar-refractivity contribution in [2.75, 3.05) is 45.6 Å². The summed E-state index contributed by atoms with van der Waals surface area (Å²) in [5.74, 6) is 1.87. The molecule has 1 saturated heterocycles. The molecule has 0 aromatic carbocycles. The first kappa shape index (κ1) is 25.8. The van der Waals surface area contributed by atoms with Crippen LogP contribution in [-0.4, -0.2) is 72.7 Å². The van der Waals surface area contributed by atoms with Gasteiger partial charge in [-0.15, -0.1) is 24.0 Å². The Balaban J connectivity index is 0.00000625. The number of thioether (sulfide) groups is 1. The van der Waals surface area contributed by atoms with Gasteiger partial charge in [-0.1, -0.05) is 6.92 Å². The number of rotatable bonds is 7. The van der Waals surface area contributed by atoms with E-state index in [9.17, 15) is 4.79 Å². The van der Waals surface area contributed by atoms with Crippen LogP contribution in [0, 0.1) is 0 Å². The van der Waals surface area contributed by atoms with Gasteiger partial charge in [-0.05, 0) is 46.3 Å². The molecular formula is C18H37IN4O2S. The number of aliphatic imine (C=N–C) groups is 1. The molecule has 0 aliphatic carbocycles. The van der Waals surface area contributed by atoms with Crippen molar-refractivity contribution in [2.45, 2.75) is 57.7 Å². The first-order valence-electron chi connectivity index (χ1n) is 9.23. The molecule has 1 aliphatic rings. The largest absolute Gasteiger partial charge is 0.381 e. The lowest BCUT2D eigenvalue weighted by Crippen LogP contribution is -2.49. The fourth-order valence-electron chi connectivity index (χ4n) is 2.83. The summed E-state index contributed by atoms with van der Waals surface area (Å²) in [6.45, 7) is 13.6. The van der Waals surface area contributed by atoms with E-state index in [2.05, 4.69) is 17.6 Å². The number of hydrogen-bond donors (Lipinski definition) is 2. The second-order valence-electron chi connectivity index (χ2n) is 7.55. The average Bonchev–Trinajstić information content (AvgIpc) is 2.50. The predicted molar refractivity (Wildman–Crippen MR) is 123 cm³/mol. The predicted octanol–water partition coefficient (Wildman–Crippen LogP) is 2.72. The van der Waals surface area contributed by atoms with Gasteiger partial charge in [-0.3, -0.25) is 9.79 Å². The lowest BCUT2D eigenvalue weighted by molar-refractivity contribution is -0.122. The van der Waals surface area contributed by atoms with Gasteiger partial charge in [0.2, 0.25) is 5.91 Å². The molecule has 0 unspecified atom stereocenters. The summed E-state index contributed by atoms with van der Waals surface area (Å²) in [4.78, 5) is 18.9. The summed E-state index contributed by atoms with van der Waals surface area (Å²) in [5, 5.41) is 6.30. The summed E-state index contributed by atoms with van der Waals surface area (Å²) < 4.78 is 5.69. The number of nitrogens with one attached hydrogen (secondary N) is 2. The molecule has 0 saturated carbocycles. The van der Waals surface area contributed by atoms with Crippen molar-refractivity contribution < 1.29 is 9.53 Å². The number of guanidine groups is 1. The van der Waals surface area contributed by atoms with Crippen LogP contribution in [0.4, 0.5) is 0 Å². The van der Waals surface area contributed by atoms with Gasteiger partial charge in [0.1, 0.15) is 0 Å². The fraction of sp³-hybridized carbons (Fsp3) is 0.889. The minimum atomic E-state index is -0.225. The van der Waals surface area contributed by atoms with Gasteiger partial charge in [0, 0.05) is 37.1 Å². The van der Waals surface area contributed by atoms with E-state index in [-0.39, 0.29) is 40.2 Å². The van der Waals surface area contributed by atoms with Gasteiger partial charge in [0.05, 0.1) is 13.1 Å². The van der Waals surface area contributed by atoms with Crippen LogP contribution in [0.2, 0.25) is 0 Å². The van der Waals surface area contributed by atoms with Gasteiger partial charge >= 0.3 is 0 Å². The van der Waals surface area contributed by atoms with Crippen LogP contribution in [0.5, 0.6) is 0 Å². The third-order valence-corrected chi connectivity index (χ3v) is 5.40. The zero-order valence-corrected chi connectivity index (χ0v) is 20.3. The SMILES string of the molecule is CCNC(=NCC1(SCC)CCOCC1)N(C)CC(=O)NC(C)(C)C.I. The molecule has 0 radical (unpaired) electrons. The van der Waals surface area contributed by atoms with Crippen LogP contribution in [0.25, 0.3) is 0 Å². The Labute approximate surface area is 180 Å². The maximum Gasteiger partial charge on any atom is 0.240 e. The number of nitrogens with zero attached hydrogens (tertiary/aromatic N) is 2. The molecule has 1 aliphatic heterocycles. The van der Waals surface area contributed by atoms with Crippen molar-refractivity contribution in [3.05, 3.63) is 0 Å².